The number of aromatic nitrogens is 1. The second-order valence-electron chi connectivity index (χ2n) is 4.84. The summed E-state index contributed by atoms with van der Waals surface area (Å²) in [5, 5.41) is 3.27. The van der Waals surface area contributed by atoms with E-state index in [0.717, 1.165) is 27.4 Å². The van der Waals surface area contributed by atoms with E-state index < -0.39 is 0 Å². The minimum Gasteiger partial charge on any atom is -0.493 e. The van der Waals surface area contributed by atoms with E-state index in [2.05, 4.69) is 26.2 Å². The van der Waals surface area contributed by atoms with Gasteiger partial charge in [-0.3, -0.25) is 0 Å². The van der Waals surface area contributed by atoms with Crippen molar-refractivity contribution in [3.05, 3.63) is 46.6 Å². The Morgan fingerprint density at radius 2 is 2.10 bits per heavy atom. The van der Waals surface area contributed by atoms with Crippen molar-refractivity contribution in [3.63, 3.8) is 0 Å². The van der Waals surface area contributed by atoms with Crippen LogP contribution in [0.3, 0.4) is 0 Å². The van der Waals surface area contributed by atoms with E-state index in [9.17, 15) is 0 Å². The lowest BCUT2D eigenvalue weighted by molar-refractivity contribution is 0.228. The molecule has 1 aromatic carbocycles. The predicted octanol–water partition coefficient (Wildman–Crippen LogP) is 4.25. The number of nitrogens with one attached hydrogen (secondary N) is 1. The molecule has 1 aromatic heterocycles. The number of pyridine rings is 1. The van der Waals surface area contributed by atoms with Crippen LogP contribution in [0.25, 0.3) is 0 Å². The lowest BCUT2D eigenvalue weighted by atomic mass is 10.2. The number of methoxy groups -OCH3 is 1. The van der Waals surface area contributed by atoms with Gasteiger partial charge in [-0.05, 0) is 59.6 Å². The number of hydrogen-bond acceptors (Lipinski definition) is 4. The van der Waals surface area contributed by atoms with Crippen LogP contribution in [0, 0.1) is 0 Å². The second-order valence-corrected chi connectivity index (χ2v) is 5.70. The molecule has 0 fully saturated rings. The van der Waals surface area contributed by atoms with Gasteiger partial charge in [0.05, 0.1) is 17.7 Å². The first kappa shape index (κ1) is 15.6. The summed E-state index contributed by atoms with van der Waals surface area (Å²) >= 11 is 3.55. The highest BCUT2D eigenvalue weighted by Gasteiger charge is 2.13. The molecule has 0 aliphatic heterocycles. The number of benzene rings is 1. The fourth-order valence-corrected chi connectivity index (χ4v) is 2.47. The zero-order valence-corrected chi connectivity index (χ0v) is 14.0. The normalized spacial score (nSPS) is 10.5. The van der Waals surface area contributed by atoms with Crippen LogP contribution in [-0.2, 0) is 6.54 Å². The summed E-state index contributed by atoms with van der Waals surface area (Å²) in [6, 6.07) is 9.77. The first-order chi connectivity index (χ1) is 10.1. The van der Waals surface area contributed by atoms with Crippen LogP contribution in [0.1, 0.15) is 19.4 Å². The summed E-state index contributed by atoms with van der Waals surface area (Å²) in [6.45, 7) is 4.64. The Labute approximate surface area is 133 Å². The number of ether oxygens (including phenoxy) is 2. The SMILES string of the molecule is COc1cc(CNc2ccccn2)cc(Br)c1OC(C)C. The van der Waals surface area contributed by atoms with Gasteiger partial charge in [-0.15, -0.1) is 0 Å². The molecule has 0 atom stereocenters. The van der Waals surface area contributed by atoms with Gasteiger partial charge in [0.25, 0.3) is 0 Å². The lowest BCUT2D eigenvalue weighted by Crippen LogP contribution is -2.08. The van der Waals surface area contributed by atoms with Gasteiger partial charge in [0.15, 0.2) is 11.5 Å². The molecule has 0 amide bonds. The van der Waals surface area contributed by atoms with Crippen LogP contribution in [-0.4, -0.2) is 18.2 Å². The van der Waals surface area contributed by atoms with Gasteiger partial charge in [-0.1, -0.05) is 6.07 Å². The van der Waals surface area contributed by atoms with Crippen LogP contribution < -0.4 is 14.8 Å². The van der Waals surface area contributed by atoms with Gasteiger partial charge >= 0.3 is 0 Å². The number of hydrogen-bond donors (Lipinski definition) is 1. The summed E-state index contributed by atoms with van der Waals surface area (Å²) in [6.07, 6.45) is 1.85. The molecule has 1 N–H and O–H groups in total. The van der Waals surface area contributed by atoms with Crippen molar-refractivity contribution < 1.29 is 9.47 Å². The molecule has 0 radical (unpaired) electrons. The van der Waals surface area contributed by atoms with Crippen LogP contribution in [0.15, 0.2) is 41.0 Å². The van der Waals surface area contributed by atoms with E-state index in [1.807, 2.05) is 44.2 Å². The highest BCUT2D eigenvalue weighted by Crippen LogP contribution is 2.37. The van der Waals surface area contributed by atoms with Crippen molar-refractivity contribution in [1.29, 1.82) is 0 Å². The minimum atomic E-state index is 0.0905. The van der Waals surface area contributed by atoms with E-state index in [4.69, 9.17) is 9.47 Å². The maximum Gasteiger partial charge on any atom is 0.175 e. The molecule has 0 saturated carbocycles. The monoisotopic (exact) mass is 350 g/mol. The fraction of sp³-hybridized carbons (Fsp3) is 0.312. The van der Waals surface area contributed by atoms with Gasteiger partial charge in [0.1, 0.15) is 5.82 Å². The Morgan fingerprint density at radius 1 is 1.29 bits per heavy atom. The predicted molar refractivity (Wildman–Crippen MR) is 88.0 cm³/mol. The average Bonchev–Trinajstić information content (AvgIpc) is 2.48. The quantitative estimate of drug-likeness (QED) is 0.845. The lowest BCUT2D eigenvalue weighted by Gasteiger charge is -2.17. The van der Waals surface area contributed by atoms with Gasteiger partial charge in [-0.25, -0.2) is 4.98 Å². The molecule has 1 heterocycles. The Balaban J connectivity index is 2.16. The standard InChI is InChI=1S/C16H19BrN2O2/c1-11(2)21-16-13(17)8-12(9-14(16)20-3)10-19-15-6-4-5-7-18-15/h4-9,11H,10H2,1-3H3,(H,18,19). The maximum atomic E-state index is 5.78. The van der Waals surface area contributed by atoms with Gasteiger partial charge in [0.2, 0.25) is 0 Å². The average molecular weight is 351 g/mol. The molecule has 0 spiro atoms. The highest BCUT2D eigenvalue weighted by atomic mass is 79.9. The van der Waals surface area contributed by atoms with E-state index in [1.54, 1.807) is 13.3 Å². The Hall–Kier alpha value is -1.75. The number of rotatable bonds is 6. The highest BCUT2D eigenvalue weighted by molar-refractivity contribution is 9.10. The molecule has 0 bridgehead atoms. The Morgan fingerprint density at radius 3 is 2.71 bits per heavy atom. The maximum absolute atomic E-state index is 5.78. The Bertz CT molecular complexity index is 588. The van der Waals surface area contributed by atoms with Crippen molar-refractivity contribution in [2.45, 2.75) is 26.5 Å². The minimum absolute atomic E-state index is 0.0905. The van der Waals surface area contributed by atoms with Crippen LogP contribution in [0.2, 0.25) is 0 Å². The molecule has 0 aliphatic rings. The number of halogens is 1. The molecule has 112 valence electrons. The van der Waals surface area contributed by atoms with Gasteiger partial charge < -0.3 is 14.8 Å². The van der Waals surface area contributed by atoms with Crippen molar-refractivity contribution in [2.75, 3.05) is 12.4 Å². The third-order valence-corrected chi connectivity index (χ3v) is 3.37. The smallest absolute Gasteiger partial charge is 0.175 e. The van der Waals surface area contributed by atoms with Crippen LogP contribution in [0.4, 0.5) is 5.82 Å². The molecule has 2 aromatic rings. The summed E-state index contributed by atoms with van der Waals surface area (Å²) in [5.74, 6) is 2.29. The third kappa shape index (κ3) is 4.36. The molecule has 0 unspecified atom stereocenters. The second kappa shape index (κ2) is 7.31. The molecular formula is C16H19BrN2O2. The van der Waals surface area contributed by atoms with Gasteiger partial charge in [0, 0.05) is 12.7 Å². The summed E-state index contributed by atoms with van der Waals surface area (Å²) in [5.41, 5.74) is 1.08. The van der Waals surface area contributed by atoms with Gasteiger partial charge in [-0.2, -0.15) is 0 Å². The van der Waals surface area contributed by atoms with Crippen LogP contribution >= 0.6 is 15.9 Å². The van der Waals surface area contributed by atoms with Crippen molar-refractivity contribution in [2.24, 2.45) is 0 Å². The van der Waals surface area contributed by atoms with E-state index >= 15 is 0 Å². The largest absolute Gasteiger partial charge is 0.493 e. The summed E-state index contributed by atoms with van der Waals surface area (Å²) in [7, 11) is 1.64. The fourth-order valence-electron chi connectivity index (χ4n) is 1.89. The zero-order chi connectivity index (χ0) is 15.2. The molecule has 4 nitrogen and oxygen atoms in total. The molecule has 5 heteroatoms. The number of anilines is 1. The van der Waals surface area contributed by atoms with E-state index in [0.29, 0.717) is 6.54 Å². The summed E-state index contributed by atoms with van der Waals surface area (Å²) in [4.78, 5) is 4.24. The molecule has 0 aliphatic carbocycles. The van der Waals surface area contributed by atoms with E-state index in [1.165, 1.54) is 0 Å². The molecule has 2 rings (SSSR count). The summed E-state index contributed by atoms with van der Waals surface area (Å²) < 4.78 is 12.1. The number of nitrogens with zero attached hydrogens (tertiary/aromatic N) is 1. The van der Waals surface area contributed by atoms with Crippen molar-refractivity contribution >= 4 is 21.7 Å². The first-order valence-corrected chi connectivity index (χ1v) is 7.57. The van der Waals surface area contributed by atoms with Crippen molar-refractivity contribution in [3.8, 4) is 11.5 Å². The Kier molecular flexibility index (Phi) is 5.44. The molecular weight excluding hydrogens is 332 g/mol. The first-order valence-electron chi connectivity index (χ1n) is 6.78. The molecule has 21 heavy (non-hydrogen) atoms. The topological polar surface area (TPSA) is 43.4 Å². The van der Waals surface area contributed by atoms with Crippen molar-refractivity contribution in [1.82, 2.24) is 4.98 Å². The molecule has 0 saturated heterocycles. The van der Waals surface area contributed by atoms with E-state index in [-0.39, 0.29) is 6.10 Å². The zero-order valence-electron chi connectivity index (χ0n) is 12.4. The van der Waals surface area contributed by atoms with Crippen LogP contribution in [0.5, 0.6) is 11.5 Å². The third-order valence-electron chi connectivity index (χ3n) is 2.78.